The SMILES string of the molecule is CCOC(=O)CCN1CCCN([Si](CC)(CC)CC)C1. The van der Waals surface area contributed by atoms with E-state index in [1.807, 2.05) is 6.92 Å². The van der Waals surface area contributed by atoms with Gasteiger partial charge in [0.1, 0.15) is 8.24 Å². The molecule has 0 amide bonds. The lowest BCUT2D eigenvalue weighted by molar-refractivity contribution is -0.143. The molecule has 0 atom stereocenters. The Kier molecular flexibility index (Phi) is 7.77. The first kappa shape index (κ1) is 17.7. The summed E-state index contributed by atoms with van der Waals surface area (Å²) in [6.07, 6.45) is 1.76. The molecule has 1 rings (SSSR count). The Labute approximate surface area is 125 Å². The molecule has 1 fully saturated rings. The van der Waals surface area contributed by atoms with Crippen molar-refractivity contribution in [3.8, 4) is 0 Å². The molecule has 1 aliphatic rings. The molecule has 0 aliphatic carbocycles. The Balaban J connectivity index is 2.51. The van der Waals surface area contributed by atoms with Crippen LogP contribution >= 0.6 is 0 Å². The first-order chi connectivity index (χ1) is 9.61. The van der Waals surface area contributed by atoms with Gasteiger partial charge in [-0.15, -0.1) is 0 Å². The predicted octanol–water partition coefficient (Wildman–Crippen LogP) is 2.91. The third kappa shape index (κ3) is 4.57. The molecule has 0 aromatic heterocycles. The highest BCUT2D eigenvalue weighted by Crippen LogP contribution is 2.27. The second kappa shape index (κ2) is 8.80. The van der Waals surface area contributed by atoms with E-state index in [0.29, 0.717) is 13.0 Å². The third-order valence-corrected chi connectivity index (χ3v) is 10.5. The van der Waals surface area contributed by atoms with Gasteiger partial charge in [-0.25, -0.2) is 0 Å². The summed E-state index contributed by atoms with van der Waals surface area (Å²) < 4.78 is 7.79. The third-order valence-electron chi connectivity index (χ3n) is 4.86. The quantitative estimate of drug-likeness (QED) is 0.510. The van der Waals surface area contributed by atoms with Crippen LogP contribution in [0.25, 0.3) is 0 Å². The molecule has 1 saturated heterocycles. The summed E-state index contributed by atoms with van der Waals surface area (Å²) in [6, 6.07) is 4.02. The minimum absolute atomic E-state index is 0.0605. The Hall–Kier alpha value is -0.393. The topological polar surface area (TPSA) is 32.8 Å². The number of carbonyl (C=O) groups is 1. The van der Waals surface area contributed by atoms with Crippen molar-refractivity contribution in [1.29, 1.82) is 0 Å². The lowest BCUT2D eigenvalue weighted by atomic mass is 10.3. The van der Waals surface area contributed by atoms with E-state index in [-0.39, 0.29) is 5.97 Å². The number of nitrogens with zero attached hydrogens (tertiary/aromatic N) is 2. The zero-order valence-electron chi connectivity index (χ0n) is 13.8. The van der Waals surface area contributed by atoms with Gasteiger partial charge in [0, 0.05) is 19.8 Å². The van der Waals surface area contributed by atoms with Crippen molar-refractivity contribution in [1.82, 2.24) is 9.47 Å². The van der Waals surface area contributed by atoms with Crippen molar-refractivity contribution in [3.05, 3.63) is 0 Å². The Morgan fingerprint density at radius 3 is 2.30 bits per heavy atom. The minimum Gasteiger partial charge on any atom is -0.466 e. The summed E-state index contributed by atoms with van der Waals surface area (Å²) in [6.45, 7) is 13.7. The molecule has 0 aromatic carbocycles. The van der Waals surface area contributed by atoms with Crippen molar-refractivity contribution in [2.45, 2.75) is 58.7 Å². The van der Waals surface area contributed by atoms with Gasteiger partial charge in [-0.2, -0.15) is 0 Å². The molecule has 0 spiro atoms. The molecule has 5 heteroatoms. The van der Waals surface area contributed by atoms with Crippen LogP contribution in [-0.2, 0) is 9.53 Å². The minimum atomic E-state index is -1.25. The summed E-state index contributed by atoms with van der Waals surface area (Å²) in [5.74, 6) is -0.0605. The predicted molar refractivity (Wildman–Crippen MR) is 86.2 cm³/mol. The first-order valence-corrected chi connectivity index (χ1v) is 10.8. The number of rotatable bonds is 8. The van der Waals surface area contributed by atoms with Crippen molar-refractivity contribution in [2.24, 2.45) is 0 Å². The summed E-state index contributed by atoms with van der Waals surface area (Å²) in [7, 11) is -1.25. The fourth-order valence-electron chi connectivity index (χ4n) is 3.34. The highest BCUT2D eigenvalue weighted by atomic mass is 28.3. The van der Waals surface area contributed by atoms with Crippen molar-refractivity contribution in [3.63, 3.8) is 0 Å². The highest BCUT2D eigenvalue weighted by Gasteiger charge is 2.36. The molecule has 20 heavy (non-hydrogen) atoms. The van der Waals surface area contributed by atoms with Crippen molar-refractivity contribution < 1.29 is 9.53 Å². The zero-order valence-corrected chi connectivity index (χ0v) is 14.8. The van der Waals surface area contributed by atoms with Crippen LogP contribution in [0, 0.1) is 0 Å². The van der Waals surface area contributed by atoms with Crippen LogP contribution in [-0.4, -0.2) is 56.6 Å². The molecule has 0 N–H and O–H groups in total. The number of carbonyl (C=O) groups excluding carboxylic acids is 1. The average Bonchev–Trinajstić information content (AvgIpc) is 2.48. The second-order valence-electron chi connectivity index (χ2n) is 5.72. The van der Waals surface area contributed by atoms with Crippen molar-refractivity contribution >= 4 is 14.2 Å². The number of ether oxygens (including phenoxy) is 1. The van der Waals surface area contributed by atoms with E-state index < -0.39 is 8.24 Å². The molecule has 118 valence electrons. The van der Waals surface area contributed by atoms with Gasteiger partial charge in [0.05, 0.1) is 13.0 Å². The maximum Gasteiger partial charge on any atom is 0.307 e. The van der Waals surface area contributed by atoms with Crippen LogP contribution in [0.15, 0.2) is 0 Å². The van der Waals surface area contributed by atoms with E-state index in [9.17, 15) is 4.79 Å². The second-order valence-corrected chi connectivity index (χ2v) is 10.9. The molecule has 0 aromatic rings. The fraction of sp³-hybridized carbons (Fsp3) is 0.933. The van der Waals surface area contributed by atoms with Crippen LogP contribution in [0.4, 0.5) is 0 Å². The van der Waals surface area contributed by atoms with Crippen LogP contribution in [0.1, 0.15) is 40.5 Å². The Bertz CT molecular complexity index is 287. The standard InChI is InChI=1S/C15H32N2O2Si/c1-5-19-15(18)10-13-16-11-9-12-17(14-16)20(6-2,7-3)8-4/h5-14H2,1-4H3. The molecular weight excluding hydrogens is 268 g/mol. The van der Waals surface area contributed by atoms with Gasteiger partial charge in [-0.05, 0) is 38.0 Å². The molecular formula is C15H32N2O2Si. The first-order valence-electron chi connectivity index (χ1n) is 8.24. The highest BCUT2D eigenvalue weighted by molar-refractivity contribution is 6.77. The lowest BCUT2D eigenvalue weighted by Crippen LogP contribution is -2.59. The van der Waals surface area contributed by atoms with Crippen LogP contribution in [0.5, 0.6) is 0 Å². The molecule has 1 aliphatic heterocycles. The number of esters is 1. The van der Waals surface area contributed by atoms with Crippen LogP contribution in [0.2, 0.25) is 18.1 Å². The van der Waals surface area contributed by atoms with E-state index in [2.05, 4.69) is 30.2 Å². The van der Waals surface area contributed by atoms with Gasteiger partial charge < -0.3 is 9.30 Å². The molecule has 4 nitrogen and oxygen atoms in total. The summed E-state index contributed by atoms with van der Waals surface area (Å²) in [5.41, 5.74) is 0. The number of hydrogen-bond acceptors (Lipinski definition) is 4. The van der Waals surface area contributed by atoms with Crippen LogP contribution < -0.4 is 0 Å². The summed E-state index contributed by atoms with van der Waals surface area (Å²) in [4.78, 5) is 13.9. The molecule has 0 bridgehead atoms. The molecule has 0 saturated carbocycles. The van der Waals surface area contributed by atoms with Gasteiger partial charge in [-0.1, -0.05) is 20.8 Å². The van der Waals surface area contributed by atoms with Gasteiger partial charge in [-0.3, -0.25) is 9.69 Å². The monoisotopic (exact) mass is 300 g/mol. The van der Waals surface area contributed by atoms with E-state index in [1.165, 1.54) is 31.1 Å². The van der Waals surface area contributed by atoms with Crippen LogP contribution in [0.3, 0.4) is 0 Å². The van der Waals surface area contributed by atoms with E-state index in [4.69, 9.17) is 4.74 Å². The maximum atomic E-state index is 11.5. The summed E-state index contributed by atoms with van der Waals surface area (Å²) >= 11 is 0. The normalized spacial score (nSPS) is 18.2. The van der Waals surface area contributed by atoms with Gasteiger partial charge in [0.25, 0.3) is 0 Å². The van der Waals surface area contributed by atoms with E-state index in [1.54, 1.807) is 0 Å². The average molecular weight is 301 g/mol. The Morgan fingerprint density at radius 1 is 1.10 bits per heavy atom. The maximum absolute atomic E-state index is 11.5. The van der Waals surface area contributed by atoms with E-state index in [0.717, 1.165) is 19.8 Å². The van der Waals surface area contributed by atoms with Gasteiger partial charge in [0.2, 0.25) is 0 Å². The fourth-order valence-corrected chi connectivity index (χ4v) is 7.32. The van der Waals surface area contributed by atoms with Gasteiger partial charge >= 0.3 is 5.97 Å². The molecule has 0 radical (unpaired) electrons. The van der Waals surface area contributed by atoms with Crippen molar-refractivity contribution in [2.75, 3.05) is 32.9 Å². The smallest absolute Gasteiger partial charge is 0.307 e. The lowest BCUT2D eigenvalue weighted by Gasteiger charge is -2.46. The Morgan fingerprint density at radius 2 is 1.75 bits per heavy atom. The molecule has 1 heterocycles. The summed E-state index contributed by atoms with van der Waals surface area (Å²) in [5, 5.41) is 0. The zero-order chi connectivity index (χ0) is 15.0. The number of hydrogen-bond donors (Lipinski definition) is 0. The largest absolute Gasteiger partial charge is 0.466 e. The van der Waals surface area contributed by atoms with E-state index >= 15 is 0 Å². The molecule has 0 unspecified atom stereocenters. The van der Waals surface area contributed by atoms with Gasteiger partial charge in [0.15, 0.2) is 0 Å².